The van der Waals surface area contributed by atoms with Gasteiger partial charge in [0.15, 0.2) is 8.07 Å². The maximum Gasteiger partial charge on any atom is 0.181 e. The Labute approximate surface area is 514 Å². The molecule has 2 heterocycles. The average Bonchev–Trinajstić information content (AvgIpc) is 1.68. The van der Waals surface area contributed by atoms with Gasteiger partial charge in [0.25, 0.3) is 0 Å². The molecule has 2 aromatic heterocycles. The number of hydrogen-bond acceptors (Lipinski definition) is 1. The van der Waals surface area contributed by atoms with E-state index < -0.39 is 8.07 Å². The fourth-order valence-corrected chi connectivity index (χ4v) is 20.2. The summed E-state index contributed by atoms with van der Waals surface area (Å²) in [5.74, 6) is 0. The highest BCUT2D eigenvalue weighted by Gasteiger charge is 2.43. The van der Waals surface area contributed by atoms with Gasteiger partial charge in [-0.05, 0) is 158 Å². The second kappa shape index (κ2) is 22.9. The minimum Gasteiger partial charge on any atom is -0.309 e. The predicted octanol–water partition coefficient (Wildman–Crippen LogP) is 21.1. The first-order valence-electron chi connectivity index (χ1n) is 29.3. The van der Waals surface area contributed by atoms with E-state index in [-0.39, 0.29) is 14.9 Å². The van der Waals surface area contributed by atoms with Crippen LogP contribution in [0.3, 0.4) is 0 Å². The predicted molar refractivity (Wildman–Crippen MR) is 384 cm³/mol. The molecule has 0 fully saturated rings. The Morgan fingerprint density at radius 3 is 1.36 bits per heavy atom. The summed E-state index contributed by atoms with van der Waals surface area (Å²) in [4.78, 5) is 0. The highest BCUT2D eigenvalue weighted by molar-refractivity contribution is 7.30. The molecule has 87 heavy (non-hydrogen) atoms. The third-order valence-corrected chi connectivity index (χ3v) is 23.7. The second-order valence-electron chi connectivity index (χ2n) is 22.3. The maximum atomic E-state index is 2.48. The minimum absolute atomic E-state index is 0. The molecule has 0 atom stereocenters. The fraction of sp³-hybridized carbons (Fsp3) is 0.0238. The molecule has 15 aromatic carbocycles. The molecule has 0 aliphatic carbocycles. The summed E-state index contributed by atoms with van der Waals surface area (Å²) in [6.07, 6.45) is 0. The van der Waals surface area contributed by atoms with Crippen LogP contribution in [0.2, 0.25) is 0 Å². The van der Waals surface area contributed by atoms with Crippen LogP contribution < -0.4 is 20.7 Å². The molecule has 0 radical (unpaired) electrons. The lowest BCUT2D eigenvalue weighted by atomic mass is 9.91. The monoisotopic (exact) mass is 1150 g/mol. The SMILES string of the molecule is C.C.c1cc(-c2ccc3cc(-c4ccc5ccccc5c4)ccc3c2)cc(-c2cc3ccccc3c3ccccc23)c1.c1ccc([Si](c2ccccc2)(c2cccc(-n3c4ccccc4c4ccccc43)c2)c2cccc3c2sc2ccccc23)cc1. The van der Waals surface area contributed by atoms with E-state index >= 15 is 0 Å². The van der Waals surface area contributed by atoms with Gasteiger partial charge in [0.05, 0.1) is 11.0 Å². The first-order chi connectivity index (χ1) is 42.1. The Balaban J connectivity index is 0.000000151. The lowest BCUT2D eigenvalue weighted by molar-refractivity contribution is 1.18. The van der Waals surface area contributed by atoms with Crippen LogP contribution in [-0.2, 0) is 0 Å². The molecule has 0 aliphatic heterocycles. The highest BCUT2D eigenvalue weighted by atomic mass is 32.1. The molecule has 0 bridgehead atoms. The molecule has 0 unspecified atom stereocenters. The van der Waals surface area contributed by atoms with Crippen molar-refractivity contribution in [1.82, 2.24) is 4.57 Å². The highest BCUT2D eigenvalue weighted by Crippen LogP contribution is 2.39. The van der Waals surface area contributed by atoms with E-state index in [0.29, 0.717) is 0 Å². The summed E-state index contributed by atoms with van der Waals surface area (Å²) < 4.78 is 5.17. The first kappa shape index (κ1) is 54.5. The molecule has 17 aromatic rings. The standard InChI is InChI=1S/C42H29NSSi.C40H26.2CH4/c1-3-16-31(17-4-1)45(32-18-5-2-6-19-32,41-28-14-24-37-36-23-9-12-27-40(36)44-42(37)41)33-20-13-15-30(29-33)43-38-25-10-7-21-34(38)35-22-8-11-26-39(35)43;1-2-9-28-22-31(17-16-27(28)8-1)33-21-20-32-23-30(18-19-34(32)24-33)29-11-7-12-35(25-29)40-26-36-10-3-4-13-37(36)38-14-5-6-15-39(38)40;;/h1-29H;1-26H;2*1H4. The normalized spacial score (nSPS) is 11.5. The van der Waals surface area contributed by atoms with Gasteiger partial charge in [-0.25, -0.2) is 0 Å². The Bertz CT molecular complexity index is 5290. The zero-order chi connectivity index (χ0) is 56.3. The molecule has 1 nitrogen and oxygen atoms in total. The van der Waals surface area contributed by atoms with Gasteiger partial charge in [0, 0.05) is 36.6 Å². The lowest BCUT2D eigenvalue weighted by Gasteiger charge is -2.35. The number of hydrogen-bond donors (Lipinski definition) is 0. The van der Waals surface area contributed by atoms with Gasteiger partial charge in [-0.3, -0.25) is 0 Å². The van der Waals surface area contributed by atoms with Crippen LogP contribution in [0.5, 0.6) is 0 Å². The number of fused-ring (bicyclic) bond motifs is 11. The summed E-state index contributed by atoms with van der Waals surface area (Å²) in [7, 11) is -2.81. The van der Waals surface area contributed by atoms with Crippen molar-refractivity contribution in [2.75, 3.05) is 0 Å². The van der Waals surface area contributed by atoms with Gasteiger partial charge in [-0.15, -0.1) is 11.3 Å². The van der Waals surface area contributed by atoms with Gasteiger partial charge < -0.3 is 4.57 Å². The zero-order valence-corrected chi connectivity index (χ0v) is 48.4. The Kier molecular flexibility index (Phi) is 14.3. The van der Waals surface area contributed by atoms with E-state index in [1.54, 1.807) is 0 Å². The number of rotatable bonds is 8. The second-order valence-corrected chi connectivity index (χ2v) is 27.1. The third-order valence-electron chi connectivity index (χ3n) is 17.5. The van der Waals surface area contributed by atoms with Gasteiger partial charge in [-0.2, -0.15) is 0 Å². The largest absolute Gasteiger partial charge is 0.309 e. The molecular weight excluding hydrogens is 1080 g/mol. The molecule has 0 amide bonds. The lowest BCUT2D eigenvalue weighted by Crippen LogP contribution is -2.74. The van der Waals surface area contributed by atoms with Crippen molar-refractivity contribution in [2.24, 2.45) is 0 Å². The van der Waals surface area contributed by atoms with Crippen molar-refractivity contribution in [2.45, 2.75) is 14.9 Å². The smallest absolute Gasteiger partial charge is 0.181 e. The molecular formula is C84H63NSSi. The Morgan fingerprint density at radius 2 is 0.701 bits per heavy atom. The minimum atomic E-state index is -2.81. The van der Waals surface area contributed by atoms with Crippen molar-refractivity contribution in [3.63, 3.8) is 0 Å². The molecule has 414 valence electrons. The zero-order valence-electron chi connectivity index (χ0n) is 46.6. The Morgan fingerprint density at radius 1 is 0.253 bits per heavy atom. The van der Waals surface area contributed by atoms with Crippen molar-refractivity contribution >= 4 is 125 Å². The molecule has 17 rings (SSSR count). The van der Waals surface area contributed by atoms with Crippen LogP contribution in [0.15, 0.2) is 334 Å². The molecule has 0 N–H and O–H groups in total. The average molecular weight is 1150 g/mol. The van der Waals surface area contributed by atoms with Crippen LogP contribution in [0.1, 0.15) is 14.9 Å². The fourth-order valence-electron chi connectivity index (χ4n) is 13.6. The van der Waals surface area contributed by atoms with E-state index in [1.165, 1.54) is 145 Å². The number of nitrogens with zero attached hydrogens (tertiary/aromatic N) is 1. The van der Waals surface area contributed by atoms with Crippen LogP contribution in [-0.4, -0.2) is 12.6 Å². The Hall–Kier alpha value is -10.4. The van der Waals surface area contributed by atoms with E-state index in [2.05, 4.69) is 338 Å². The summed E-state index contributed by atoms with van der Waals surface area (Å²) in [5.41, 5.74) is 11.1. The molecule has 0 spiro atoms. The topological polar surface area (TPSA) is 4.93 Å². The van der Waals surface area contributed by atoms with Crippen LogP contribution >= 0.6 is 11.3 Å². The molecule has 0 saturated heterocycles. The van der Waals surface area contributed by atoms with Crippen molar-refractivity contribution in [1.29, 1.82) is 0 Å². The van der Waals surface area contributed by atoms with E-state index in [1.807, 2.05) is 11.3 Å². The molecule has 0 aliphatic rings. The summed E-state index contributed by atoms with van der Waals surface area (Å²) in [6, 6.07) is 123. The van der Waals surface area contributed by atoms with Crippen molar-refractivity contribution in [3.05, 3.63) is 334 Å². The quantitative estimate of drug-likeness (QED) is 0.0812. The first-order valence-corrected chi connectivity index (χ1v) is 32.1. The van der Waals surface area contributed by atoms with E-state index in [9.17, 15) is 0 Å². The summed E-state index contributed by atoms with van der Waals surface area (Å²) in [6.45, 7) is 0. The maximum absolute atomic E-state index is 2.81. The van der Waals surface area contributed by atoms with Gasteiger partial charge in [-0.1, -0.05) is 288 Å². The molecule has 0 saturated carbocycles. The number of thiophene rings is 1. The third kappa shape index (κ3) is 9.40. The number of benzene rings is 15. The van der Waals surface area contributed by atoms with Crippen LogP contribution in [0.4, 0.5) is 0 Å². The number of aromatic nitrogens is 1. The van der Waals surface area contributed by atoms with Gasteiger partial charge >= 0.3 is 0 Å². The van der Waals surface area contributed by atoms with Crippen molar-refractivity contribution in [3.8, 4) is 39.1 Å². The molecule has 3 heteroatoms. The number of para-hydroxylation sites is 2. The summed E-state index contributed by atoms with van der Waals surface area (Å²) >= 11 is 1.93. The van der Waals surface area contributed by atoms with Gasteiger partial charge in [0.1, 0.15) is 0 Å². The van der Waals surface area contributed by atoms with E-state index in [0.717, 1.165) is 0 Å². The summed E-state index contributed by atoms with van der Waals surface area (Å²) in [5, 5.41) is 21.1. The van der Waals surface area contributed by atoms with E-state index in [4.69, 9.17) is 0 Å². The van der Waals surface area contributed by atoms with Crippen molar-refractivity contribution < 1.29 is 0 Å². The van der Waals surface area contributed by atoms with Crippen LogP contribution in [0, 0.1) is 0 Å². The van der Waals surface area contributed by atoms with Crippen LogP contribution in [0.25, 0.3) is 124 Å². The van der Waals surface area contributed by atoms with Gasteiger partial charge in [0.2, 0.25) is 0 Å².